The maximum absolute atomic E-state index is 10.7. The fraction of sp³-hybridized carbons (Fsp3) is 0.167. The quantitative estimate of drug-likeness (QED) is 0.890. The van der Waals surface area contributed by atoms with Crippen molar-refractivity contribution >= 4 is 51.3 Å². The SMILES string of the molecule is Cc1nc(Nc2cccc(Cl)c2Cl)sc1CC(=O)O. The normalized spacial score (nSPS) is 10.5. The third kappa shape index (κ3) is 3.37. The van der Waals surface area contributed by atoms with Gasteiger partial charge in [0.2, 0.25) is 0 Å². The molecule has 7 heteroatoms. The molecule has 0 spiro atoms. The molecule has 4 nitrogen and oxygen atoms in total. The third-order valence-electron chi connectivity index (χ3n) is 2.40. The fourth-order valence-electron chi connectivity index (χ4n) is 1.50. The Morgan fingerprint density at radius 1 is 1.47 bits per heavy atom. The lowest BCUT2D eigenvalue weighted by Gasteiger charge is -2.05. The Kier molecular flexibility index (Phi) is 4.29. The van der Waals surface area contributed by atoms with Crippen LogP contribution in [-0.2, 0) is 11.2 Å². The molecule has 1 heterocycles. The van der Waals surface area contributed by atoms with Crippen LogP contribution in [0.3, 0.4) is 0 Å². The Morgan fingerprint density at radius 2 is 2.21 bits per heavy atom. The number of hydrogen-bond donors (Lipinski definition) is 2. The van der Waals surface area contributed by atoms with E-state index >= 15 is 0 Å². The fourth-order valence-corrected chi connectivity index (χ4v) is 2.81. The molecule has 0 aliphatic rings. The monoisotopic (exact) mass is 316 g/mol. The topological polar surface area (TPSA) is 62.2 Å². The number of halogens is 2. The summed E-state index contributed by atoms with van der Waals surface area (Å²) in [4.78, 5) is 15.7. The third-order valence-corrected chi connectivity index (χ3v) is 4.29. The number of aliphatic carboxylic acids is 1. The number of carbonyl (C=O) groups is 1. The van der Waals surface area contributed by atoms with Gasteiger partial charge in [0, 0.05) is 4.88 Å². The van der Waals surface area contributed by atoms with Crippen LogP contribution in [0.4, 0.5) is 10.8 Å². The van der Waals surface area contributed by atoms with E-state index in [1.165, 1.54) is 11.3 Å². The largest absolute Gasteiger partial charge is 0.481 e. The molecule has 2 rings (SSSR count). The van der Waals surface area contributed by atoms with Crippen molar-refractivity contribution in [1.82, 2.24) is 4.98 Å². The number of aryl methyl sites for hydroxylation is 1. The van der Waals surface area contributed by atoms with E-state index < -0.39 is 5.97 Å². The van der Waals surface area contributed by atoms with Gasteiger partial charge < -0.3 is 10.4 Å². The zero-order valence-corrected chi connectivity index (χ0v) is 12.2. The number of carboxylic acids is 1. The summed E-state index contributed by atoms with van der Waals surface area (Å²) in [6.45, 7) is 1.78. The Morgan fingerprint density at radius 3 is 2.89 bits per heavy atom. The first kappa shape index (κ1) is 14.1. The minimum atomic E-state index is -0.876. The zero-order chi connectivity index (χ0) is 14.0. The van der Waals surface area contributed by atoms with Gasteiger partial charge in [-0.25, -0.2) is 4.98 Å². The minimum Gasteiger partial charge on any atom is -0.481 e. The van der Waals surface area contributed by atoms with E-state index in [9.17, 15) is 4.79 Å². The molecule has 0 saturated heterocycles. The summed E-state index contributed by atoms with van der Waals surface area (Å²) < 4.78 is 0. The second kappa shape index (κ2) is 5.77. The second-order valence-corrected chi connectivity index (χ2v) is 5.69. The summed E-state index contributed by atoms with van der Waals surface area (Å²) >= 11 is 13.3. The molecule has 1 aromatic heterocycles. The molecule has 0 fully saturated rings. The van der Waals surface area contributed by atoms with Crippen molar-refractivity contribution in [2.75, 3.05) is 5.32 Å². The first-order valence-electron chi connectivity index (χ1n) is 5.36. The second-order valence-electron chi connectivity index (χ2n) is 3.82. The van der Waals surface area contributed by atoms with Gasteiger partial charge in [0.25, 0.3) is 0 Å². The maximum Gasteiger partial charge on any atom is 0.308 e. The van der Waals surface area contributed by atoms with Crippen molar-refractivity contribution in [1.29, 1.82) is 0 Å². The summed E-state index contributed by atoms with van der Waals surface area (Å²) in [6.07, 6.45) is -0.0333. The number of benzene rings is 1. The molecule has 2 aromatic rings. The summed E-state index contributed by atoms with van der Waals surface area (Å²) in [5, 5.41) is 13.3. The van der Waals surface area contributed by atoms with Crippen LogP contribution in [0.5, 0.6) is 0 Å². The number of nitrogens with zero attached hydrogens (tertiary/aromatic N) is 1. The van der Waals surface area contributed by atoms with Crippen LogP contribution in [0.15, 0.2) is 18.2 Å². The Bertz CT molecular complexity index is 628. The van der Waals surface area contributed by atoms with Gasteiger partial charge in [-0.3, -0.25) is 4.79 Å². The van der Waals surface area contributed by atoms with Crippen molar-refractivity contribution in [3.8, 4) is 0 Å². The van der Waals surface area contributed by atoms with Gasteiger partial charge in [0.1, 0.15) is 0 Å². The first-order chi connectivity index (χ1) is 8.97. The summed E-state index contributed by atoms with van der Waals surface area (Å²) in [6, 6.07) is 5.25. The van der Waals surface area contributed by atoms with E-state index in [2.05, 4.69) is 10.3 Å². The van der Waals surface area contributed by atoms with Crippen LogP contribution < -0.4 is 5.32 Å². The Labute approximate surface area is 124 Å². The molecule has 19 heavy (non-hydrogen) atoms. The van der Waals surface area contributed by atoms with Gasteiger partial charge in [-0.2, -0.15) is 0 Å². The lowest BCUT2D eigenvalue weighted by atomic mass is 10.3. The minimum absolute atomic E-state index is 0.0333. The van der Waals surface area contributed by atoms with E-state index in [1.807, 2.05) is 0 Å². The molecule has 0 atom stereocenters. The molecule has 0 radical (unpaired) electrons. The average Bonchev–Trinajstić information content (AvgIpc) is 2.65. The molecule has 1 aromatic carbocycles. The lowest BCUT2D eigenvalue weighted by molar-refractivity contribution is -0.136. The van der Waals surface area contributed by atoms with Gasteiger partial charge in [-0.05, 0) is 19.1 Å². The van der Waals surface area contributed by atoms with Gasteiger partial charge in [0.15, 0.2) is 5.13 Å². The van der Waals surface area contributed by atoms with Crippen molar-refractivity contribution in [2.45, 2.75) is 13.3 Å². The molecule has 0 saturated carbocycles. The van der Waals surface area contributed by atoms with E-state index in [1.54, 1.807) is 25.1 Å². The molecule has 0 aliphatic carbocycles. The Balaban J connectivity index is 2.24. The van der Waals surface area contributed by atoms with Crippen LogP contribution in [0, 0.1) is 6.92 Å². The standard InChI is InChI=1S/C12H10Cl2N2O2S/c1-6-9(5-10(17)18)19-12(15-6)16-8-4-2-3-7(13)11(8)14/h2-4H,5H2,1H3,(H,15,16)(H,17,18). The van der Waals surface area contributed by atoms with E-state index in [0.29, 0.717) is 31.4 Å². The summed E-state index contributed by atoms with van der Waals surface area (Å²) in [5.41, 5.74) is 1.35. The van der Waals surface area contributed by atoms with Crippen LogP contribution in [0.2, 0.25) is 10.0 Å². The highest BCUT2D eigenvalue weighted by Gasteiger charge is 2.12. The summed E-state index contributed by atoms with van der Waals surface area (Å²) in [7, 11) is 0. The highest BCUT2D eigenvalue weighted by molar-refractivity contribution is 7.15. The smallest absolute Gasteiger partial charge is 0.308 e. The van der Waals surface area contributed by atoms with E-state index in [0.717, 1.165) is 0 Å². The number of rotatable bonds is 4. The van der Waals surface area contributed by atoms with Crippen LogP contribution in [-0.4, -0.2) is 16.1 Å². The van der Waals surface area contributed by atoms with Gasteiger partial charge in [0.05, 0.1) is 27.8 Å². The number of aromatic nitrogens is 1. The highest BCUT2D eigenvalue weighted by Crippen LogP contribution is 2.33. The first-order valence-corrected chi connectivity index (χ1v) is 6.93. The lowest BCUT2D eigenvalue weighted by Crippen LogP contribution is -1.99. The molecule has 0 unspecified atom stereocenters. The van der Waals surface area contributed by atoms with Crippen LogP contribution in [0.1, 0.15) is 10.6 Å². The van der Waals surface area contributed by atoms with Crippen molar-refractivity contribution in [3.63, 3.8) is 0 Å². The maximum atomic E-state index is 10.7. The number of nitrogens with one attached hydrogen (secondary N) is 1. The molecule has 100 valence electrons. The number of hydrogen-bond acceptors (Lipinski definition) is 4. The molecule has 0 amide bonds. The van der Waals surface area contributed by atoms with Crippen molar-refractivity contribution in [3.05, 3.63) is 38.8 Å². The van der Waals surface area contributed by atoms with E-state index in [-0.39, 0.29) is 6.42 Å². The summed E-state index contributed by atoms with van der Waals surface area (Å²) in [5.74, 6) is -0.876. The van der Waals surface area contributed by atoms with Crippen molar-refractivity contribution in [2.24, 2.45) is 0 Å². The van der Waals surface area contributed by atoms with E-state index in [4.69, 9.17) is 28.3 Å². The van der Waals surface area contributed by atoms with Crippen LogP contribution >= 0.6 is 34.5 Å². The predicted molar refractivity (Wildman–Crippen MR) is 77.9 cm³/mol. The van der Waals surface area contributed by atoms with Crippen LogP contribution in [0.25, 0.3) is 0 Å². The molecular weight excluding hydrogens is 307 g/mol. The molecule has 2 N–H and O–H groups in total. The van der Waals surface area contributed by atoms with Crippen molar-refractivity contribution < 1.29 is 9.90 Å². The van der Waals surface area contributed by atoms with Gasteiger partial charge >= 0.3 is 5.97 Å². The zero-order valence-electron chi connectivity index (χ0n) is 9.91. The van der Waals surface area contributed by atoms with Gasteiger partial charge in [-0.15, -0.1) is 11.3 Å². The number of carboxylic acid groups (broad SMARTS) is 1. The molecule has 0 bridgehead atoms. The molecular formula is C12H10Cl2N2O2S. The average molecular weight is 317 g/mol. The molecule has 0 aliphatic heterocycles. The number of anilines is 2. The predicted octanol–water partition coefficient (Wildman–Crippen LogP) is 4.13. The highest BCUT2D eigenvalue weighted by atomic mass is 35.5. The number of thiazole rings is 1. The Hall–Kier alpha value is -1.30. The van der Waals surface area contributed by atoms with Gasteiger partial charge in [-0.1, -0.05) is 29.3 Å².